The Balaban J connectivity index is 1.76. The monoisotopic (exact) mass is 444 g/mol. The van der Waals surface area contributed by atoms with Crippen LogP contribution in [0, 0.1) is 12.3 Å². The fourth-order valence-corrected chi connectivity index (χ4v) is 3.50. The Morgan fingerprint density at radius 2 is 1.84 bits per heavy atom. The van der Waals surface area contributed by atoms with Gasteiger partial charge in [-0.1, -0.05) is 25.9 Å². The smallest absolute Gasteiger partial charge is 0.400 e. The van der Waals surface area contributed by atoms with Gasteiger partial charge in [-0.25, -0.2) is 9.98 Å². The molecule has 10 heteroatoms. The zero-order chi connectivity index (χ0) is 23.3. The number of aliphatic imine (C=N–C) groups is 1. The molecule has 0 saturated heterocycles. The number of anilines is 1. The van der Waals surface area contributed by atoms with Crippen molar-refractivity contribution in [3.05, 3.63) is 29.3 Å². The first kappa shape index (κ1) is 21.9. The molecule has 0 amide bonds. The lowest BCUT2D eigenvalue weighted by atomic mass is 9.84. The molecular weight excluding hydrogens is 421 g/mol. The number of nitrogens with one attached hydrogen (secondary N) is 2. The van der Waals surface area contributed by atoms with Gasteiger partial charge in [0.15, 0.2) is 0 Å². The van der Waals surface area contributed by atoms with Crippen LogP contribution in [-0.2, 0) is 5.41 Å². The minimum atomic E-state index is -4.31. The van der Waals surface area contributed by atoms with Gasteiger partial charge >= 0.3 is 12.2 Å². The van der Waals surface area contributed by atoms with E-state index >= 15 is 0 Å². The lowest BCUT2D eigenvalue weighted by molar-refractivity contribution is -0.115. The molecular formula is C22H23F3N6O. The van der Waals surface area contributed by atoms with Gasteiger partial charge in [-0.2, -0.15) is 13.2 Å². The summed E-state index contributed by atoms with van der Waals surface area (Å²) < 4.78 is 43.8. The highest BCUT2D eigenvalue weighted by Gasteiger charge is 2.28. The first-order valence-electron chi connectivity index (χ1n) is 10.1. The first-order valence-corrected chi connectivity index (χ1v) is 10.1. The number of aryl methyl sites for hydroxylation is 1. The van der Waals surface area contributed by atoms with Crippen molar-refractivity contribution in [1.29, 1.82) is 5.41 Å². The molecule has 0 spiro atoms. The van der Waals surface area contributed by atoms with Crippen LogP contribution in [0.4, 0.5) is 24.9 Å². The van der Waals surface area contributed by atoms with Crippen molar-refractivity contribution in [3.8, 4) is 11.6 Å². The quantitative estimate of drug-likeness (QED) is 0.534. The Kier molecular flexibility index (Phi) is 5.26. The molecule has 0 radical (unpaired) electrons. The summed E-state index contributed by atoms with van der Waals surface area (Å²) in [6.45, 7) is 6.70. The van der Waals surface area contributed by atoms with Crippen LogP contribution < -0.4 is 5.32 Å². The summed E-state index contributed by atoms with van der Waals surface area (Å²) in [4.78, 5) is 8.99. The molecule has 0 unspecified atom stereocenters. The van der Waals surface area contributed by atoms with Crippen molar-refractivity contribution in [1.82, 2.24) is 15.2 Å². The number of halogens is 3. The Hall–Kier alpha value is -3.30. The first-order chi connectivity index (χ1) is 14.9. The Morgan fingerprint density at radius 3 is 2.47 bits per heavy atom. The second kappa shape index (κ2) is 7.68. The number of fused-ring (bicyclic) bond motifs is 1. The molecule has 4 rings (SSSR count). The lowest BCUT2D eigenvalue weighted by Crippen LogP contribution is -2.22. The minimum Gasteiger partial charge on any atom is -0.400 e. The van der Waals surface area contributed by atoms with Crippen molar-refractivity contribution in [3.63, 3.8) is 0 Å². The van der Waals surface area contributed by atoms with Gasteiger partial charge in [-0.3, -0.25) is 0 Å². The van der Waals surface area contributed by atoms with E-state index in [2.05, 4.69) is 20.5 Å². The molecule has 2 heterocycles. The van der Waals surface area contributed by atoms with E-state index in [1.54, 1.807) is 18.2 Å². The van der Waals surface area contributed by atoms with Crippen molar-refractivity contribution >= 4 is 34.0 Å². The van der Waals surface area contributed by atoms with E-state index in [-0.39, 0.29) is 17.3 Å². The van der Waals surface area contributed by atoms with Gasteiger partial charge in [0.05, 0.1) is 5.52 Å². The summed E-state index contributed by atoms with van der Waals surface area (Å²) in [5.74, 6) is 0.211. The molecule has 2 aromatic heterocycles. The molecule has 2 N–H and O–H groups in total. The van der Waals surface area contributed by atoms with Crippen LogP contribution in [0.1, 0.15) is 44.7 Å². The van der Waals surface area contributed by atoms with E-state index in [4.69, 9.17) is 14.8 Å². The second-order valence-corrected chi connectivity index (χ2v) is 8.99. The summed E-state index contributed by atoms with van der Waals surface area (Å²) in [7, 11) is 0. The van der Waals surface area contributed by atoms with Crippen LogP contribution in [0.2, 0.25) is 0 Å². The number of alkyl halides is 3. The number of nitrogens with zero attached hydrogens (tertiary/aromatic N) is 4. The number of rotatable bonds is 4. The molecule has 1 aliphatic rings. The van der Waals surface area contributed by atoms with Crippen molar-refractivity contribution in [2.24, 2.45) is 4.99 Å². The summed E-state index contributed by atoms with van der Waals surface area (Å²) >= 11 is 0. The molecule has 1 aliphatic carbocycles. The second-order valence-electron chi connectivity index (χ2n) is 8.99. The van der Waals surface area contributed by atoms with Gasteiger partial charge in [-0.15, -0.1) is 5.10 Å². The molecule has 168 valence electrons. The summed E-state index contributed by atoms with van der Waals surface area (Å²) in [5, 5.41) is 18.7. The van der Waals surface area contributed by atoms with E-state index in [1.165, 1.54) is 0 Å². The SMILES string of the molecule is Cc1cc(-c2nnc(N=C3CC(=N)C3)o2)nc2c(C(C)(C)C)cc(NCC(F)(F)F)cc12. The number of pyridine rings is 1. The molecule has 32 heavy (non-hydrogen) atoms. The zero-order valence-electron chi connectivity index (χ0n) is 18.2. The third kappa shape index (κ3) is 4.63. The van der Waals surface area contributed by atoms with Gasteiger partial charge < -0.3 is 15.1 Å². The third-order valence-electron chi connectivity index (χ3n) is 5.14. The molecule has 0 bridgehead atoms. The van der Waals surface area contributed by atoms with Crippen LogP contribution in [0.3, 0.4) is 0 Å². The highest BCUT2D eigenvalue weighted by molar-refractivity contribution is 6.22. The van der Waals surface area contributed by atoms with Crippen molar-refractivity contribution in [2.45, 2.75) is 52.1 Å². The highest BCUT2D eigenvalue weighted by Crippen LogP contribution is 2.35. The van der Waals surface area contributed by atoms with Crippen molar-refractivity contribution in [2.75, 3.05) is 11.9 Å². The molecule has 0 atom stereocenters. The molecule has 0 aliphatic heterocycles. The number of aromatic nitrogens is 3. The van der Waals surface area contributed by atoms with Gasteiger partial charge in [-0.05, 0) is 41.7 Å². The van der Waals surface area contributed by atoms with Crippen molar-refractivity contribution < 1.29 is 17.6 Å². The number of hydrogen-bond acceptors (Lipinski definition) is 7. The van der Waals surface area contributed by atoms with Gasteiger partial charge in [0, 0.05) is 35.3 Å². The van der Waals surface area contributed by atoms with Gasteiger partial charge in [0.25, 0.3) is 5.89 Å². The average Bonchev–Trinajstić information content (AvgIpc) is 3.12. The Morgan fingerprint density at radius 1 is 1.12 bits per heavy atom. The third-order valence-corrected chi connectivity index (χ3v) is 5.14. The maximum absolute atomic E-state index is 12.7. The predicted octanol–water partition coefficient (Wildman–Crippen LogP) is 5.75. The summed E-state index contributed by atoms with van der Waals surface area (Å²) in [6, 6.07) is 5.27. The lowest BCUT2D eigenvalue weighted by Gasteiger charge is -2.23. The van der Waals surface area contributed by atoms with Gasteiger partial charge in [0.1, 0.15) is 12.2 Å². The summed E-state index contributed by atoms with van der Waals surface area (Å²) in [5.41, 5.74) is 4.23. The van der Waals surface area contributed by atoms with E-state index < -0.39 is 12.7 Å². The topological polar surface area (TPSA) is 100 Å². The normalized spacial score (nSPS) is 14.6. The van der Waals surface area contributed by atoms with Crippen LogP contribution in [0.5, 0.6) is 0 Å². The molecule has 3 aromatic rings. The average molecular weight is 444 g/mol. The largest absolute Gasteiger partial charge is 0.405 e. The van der Waals surface area contributed by atoms with E-state index in [1.807, 2.05) is 27.7 Å². The summed E-state index contributed by atoms with van der Waals surface area (Å²) in [6.07, 6.45) is -3.28. The fraction of sp³-hybridized carbons (Fsp3) is 0.409. The molecule has 1 aromatic carbocycles. The van der Waals surface area contributed by atoms with Gasteiger partial charge in [0.2, 0.25) is 0 Å². The standard InChI is InChI=1S/C22H23F3N6O/c1-11-5-17(19-30-31-20(32-19)28-14-6-12(26)7-14)29-18-15(11)8-13(27-10-22(23,24)25)9-16(18)21(2,3)4/h5,8-9,26-27H,6-7,10H2,1-4H3. The van der Waals surface area contributed by atoms with E-state index in [9.17, 15) is 13.2 Å². The van der Waals surface area contributed by atoms with Crippen LogP contribution in [-0.4, -0.2) is 39.3 Å². The van der Waals surface area contributed by atoms with Crippen LogP contribution in [0.25, 0.3) is 22.5 Å². The van der Waals surface area contributed by atoms with Crippen LogP contribution >= 0.6 is 0 Å². The molecule has 1 saturated carbocycles. The Bertz CT molecular complexity index is 1230. The number of hydrogen-bond donors (Lipinski definition) is 2. The fourth-order valence-electron chi connectivity index (χ4n) is 3.50. The predicted molar refractivity (Wildman–Crippen MR) is 117 cm³/mol. The maximum atomic E-state index is 12.7. The minimum absolute atomic E-state index is 0.116. The van der Waals surface area contributed by atoms with Crippen LogP contribution in [0.15, 0.2) is 27.6 Å². The van der Waals surface area contributed by atoms with E-state index in [0.29, 0.717) is 35.5 Å². The zero-order valence-corrected chi connectivity index (χ0v) is 18.2. The maximum Gasteiger partial charge on any atom is 0.405 e. The number of benzene rings is 1. The molecule has 7 nitrogen and oxygen atoms in total. The highest BCUT2D eigenvalue weighted by atomic mass is 19.4. The van der Waals surface area contributed by atoms with E-state index in [0.717, 1.165) is 22.2 Å². The molecule has 1 fully saturated rings. The Labute approximate surface area is 182 Å².